The van der Waals surface area contributed by atoms with Crippen molar-refractivity contribution < 1.29 is 14.1 Å². The van der Waals surface area contributed by atoms with Crippen LogP contribution in [0.3, 0.4) is 0 Å². The number of hydrogen-bond acceptors (Lipinski definition) is 6. The Bertz CT molecular complexity index is 621. The van der Waals surface area contributed by atoms with Crippen molar-refractivity contribution in [2.75, 3.05) is 12.4 Å². The molecule has 1 aliphatic rings. The first-order chi connectivity index (χ1) is 9.78. The SMILES string of the molecule is COc1cnc(NC(=O)c2noc3c2CCCC3)nc1. The second-order valence-electron chi connectivity index (χ2n) is 4.54. The van der Waals surface area contributed by atoms with Crippen LogP contribution in [-0.4, -0.2) is 28.1 Å². The van der Waals surface area contributed by atoms with E-state index in [2.05, 4.69) is 20.4 Å². The molecule has 1 aliphatic carbocycles. The highest BCUT2D eigenvalue weighted by Gasteiger charge is 2.24. The molecule has 0 spiro atoms. The van der Waals surface area contributed by atoms with E-state index in [1.165, 1.54) is 19.5 Å². The minimum atomic E-state index is -0.345. The molecular formula is C13H14N4O3. The number of carbonyl (C=O) groups excluding carboxylic acids is 1. The van der Waals surface area contributed by atoms with Crippen LogP contribution in [0, 0.1) is 0 Å². The molecule has 0 bridgehead atoms. The molecule has 0 unspecified atom stereocenters. The van der Waals surface area contributed by atoms with Crippen molar-refractivity contribution in [2.24, 2.45) is 0 Å². The van der Waals surface area contributed by atoms with Crippen molar-refractivity contribution in [2.45, 2.75) is 25.7 Å². The van der Waals surface area contributed by atoms with E-state index in [0.717, 1.165) is 37.0 Å². The third-order valence-corrected chi connectivity index (χ3v) is 3.25. The quantitative estimate of drug-likeness (QED) is 0.914. The summed E-state index contributed by atoms with van der Waals surface area (Å²) in [5.74, 6) is 1.21. The van der Waals surface area contributed by atoms with Crippen LogP contribution in [0.1, 0.15) is 34.7 Å². The molecule has 20 heavy (non-hydrogen) atoms. The van der Waals surface area contributed by atoms with E-state index in [-0.39, 0.29) is 11.9 Å². The lowest BCUT2D eigenvalue weighted by Crippen LogP contribution is -2.17. The lowest BCUT2D eigenvalue weighted by atomic mass is 9.96. The summed E-state index contributed by atoms with van der Waals surface area (Å²) in [7, 11) is 1.53. The molecule has 2 aromatic rings. The van der Waals surface area contributed by atoms with Gasteiger partial charge in [-0.05, 0) is 19.3 Å². The second kappa shape index (κ2) is 5.28. The Kier molecular flexibility index (Phi) is 3.32. The number of hydrogen-bond donors (Lipinski definition) is 1. The van der Waals surface area contributed by atoms with Gasteiger partial charge in [-0.25, -0.2) is 9.97 Å². The number of aromatic nitrogens is 3. The van der Waals surface area contributed by atoms with Gasteiger partial charge in [0.15, 0.2) is 11.4 Å². The van der Waals surface area contributed by atoms with E-state index in [0.29, 0.717) is 11.4 Å². The highest BCUT2D eigenvalue weighted by atomic mass is 16.5. The summed E-state index contributed by atoms with van der Waals surface area (Å²) < 4.78 is 10.2. The van der Waals surface area contributed by atoms with Gasteiger partial charge in [0.1, 0.15) is 5.76 Å². The monoisotopic (exact) mass is 274 g/mol. The number of nitrogens with zero attached hydrogens (tertiary/aromatic N) is 3. The number of rotatable bonds is 3. The Labute approximate surface area is 115 Å². The van der Waals surface area contributed by atoms with E-state index < -0.39 is 0 Å². The molecule has 0 aromatic carbocycles. The fourth-order valence-corrected chi connectivity index (χ4v) is 2.21. The number of methoxy groups -OCH3 is 1. The van der Waals surface area contributed by atoms with Crippen molar-refractivity contribution in [1.29, 1.82) is 0 Å². The minimum Gasteiger partial charge on any atom is -0.494 e. The van der Waals surface area contributed by atoms with Crippen LogP contribution < -0.4 is 10.1 Å². The number of amides is 1. The standard InChI is InChI=1S/C13H14N4O3/c1-19-8-6-14-13(15-7-8)16-12(18)11-9-4-2-3-5-10(9)20-17-11/h6-7H,2-5H2,1H3,(H,14,15,16,18). The molecular weight excluding hydrogens is 260 g/mol. The molecule has 0 atom stereocenters. The van der Waals surface area contributed by atoms with Gasteiger partial charge in [0, 0.05) is 12.0 Å². The molecule has 7 heteroatoms. The molecule has 0 fully saturated rings. The summed E-state index contributed by atoms with van der Waals surface area (Å²) in [5.41, 5.74) is 1.24. The Morgan fingerprint density at radius 1 is 1.30 bits per heavy atom. The minimum absolute atomic E-state index is 0.211. The number of aryl methyl sites for hydroxylation is 1. The van der Waals surface area contributed by atoms with Gasteiger partial charge < -0.3 is 9.26 Å². The average molecular weight is 274 g/mol. The van der Waals surface area contributed by atoms with Crippen LogP contribution in [-0.2, 0) is 12.8 Å². The number of nitrogens with one attached hydrogen (secondary N) is 1. The highest BCUT2D eigenvalue weighted by Crippen LogP contribution is 2.24. The summed E-state index contributed by atoms with van der Waals surface area (Å²) in [5, 5.41) is 6.47. The maximum absolute atomic E-state index is 12.2. The molecule has 2 aromatic heterocycles. The summed E-state index contributed by atoms with van der Waals surface area (Å²) in [6, 6.07) is 0. The molecule has 0 radical (unpaired) electrons. The van der Waals surface area contributed by atoms with Crippen molar-refractivity contribution in [1.82, 2.24) is 15.1 Å². The summed E-state index contributed by atoms with van der Waals surface area (Å²) >= 11 is 0. The number of anilines is 1. The first-order valence-electron chi connectivity index (χ1n) is 6.42. The van der Waals surface area contributed by atoms with Crippen molar-refractivity contribution in [3.63, 3.8) is 0 Å². The van der Waals surface area contributed by atoms with Crippen molar-refractivity contribution >= 4 is 11.9 Å². The fraction of sp³-hybridized carbons (Fsp3) is 0.385. The largest absolute Gasteiger partial charge is 0.494 e. The van der Waals surface area contributed by atoms with E-state index in [1.54, 1.807) is 0 Å². The van der Waals surface area contributed by atoms with Crippen molar-refractivity contribution in [3.8, 4) is 5.75 Å². The predicted octanol–water partition coefficient (Wildman–Crippen LogP) is 1.60. The Balaban J connectivity index is 1.77. The summed E-state index contributed by atoms with van der Waals surface area (Å²) in [4.78, 5) is 20.1. The Morgan fingerprint density at radius 2 is 2.05 bits per heavy atom. The van der Waals surface area contributed by atoms with Gasteiger partial charge in [0.2, 0.25) is 5.95 Å². The van der Waals surface area contributed by atoms with Gasteiger partial charge >= 0.3 is 0 Å². The second-order valence-corrected chi connectivity index (χ2v) is 4.54. The van der Waals surface area contributed by atoms with Gasteiger partial charge in [0.25, 0.3) is 5.91 Å². The fourth-order valence-electron chi connectivity index (χ4n) is 2.21. The zero-order valence-electron chi connectivity index (χ0n) is 11.0. The van der Waals surface area contributed by atoms with Crippen LogP contribution >= 0.6 is 0 Å². The highest BCUT2D eigenvalue weighted by molar-refractivity contribution is 6.02. The topological polar surface area (TPSA) is 90.1 Å². The van der Waals surface area contributed by atoms with E-state index in [9.17, 15) is 4.79 Å². The molecule has 7 nitrogen and oxygen atoms in total. The first kappa shape index (κ1) is 12.6. The smallest absolute Gasteiger partial charge is 0.280 e. The maximum atomic E-state index is 12.2. The molecule has 0 aliphatic heterocycles. The predicted molar refractivity (Wildman–Crippen MR) is 69.7 cm³/mol. The number of carbonyl (C=O) groups is 1. The van der Waals surface area contributed by atoms with Gasteiger partial charge in [-0.1, -0.05) is 5.16 Å². The van der Waals surface area contributed by atoms with E-state index in [1.807, 2.05) is 0 Å². The lowest BCUT2D eigenvalue weighted by molar-refractivity contribution is 0.101. The Hall–Kier alpha value is -2.44. The zero-order chi connectivity index (χ0) is 13.9. The van der Waals surface area contributed by atoms with Crippen LogP contribution in [0.5, 0.6) is 5.75 Å². The van der Waals surface area contributed by atoms with Crippen LogP contribution in [0.25, 0.3) is 0 Å². The average Bonchev–Trinajstić information content (AvgIpc) is 2.92. The van der Waals surface area contributed by atoms with Crippen molar-refractivity contribution in [3.05, 3.63) is 29.4 Å². The summed E-state index contributed by atoms with van der Waals surface area (Å²) in [6.45, 7) is 0. The third-order valence-electron chi connectivity index (χ3n) is 3.25. The summed E-state index contributed by atoms with van der Waals surface area (Å²) in [6.07, 6.45) is 6.76. The first-order valence-corrected chi connectivity index (χ1v) is 6.42. The van der Waals surface area contributed by atoms with E-state index in [4.69, 9.17) is 9.26 Å². The number of fused-ring (bicyclic) bond motifs is 1. The molecule has 104 valence electrons. The van der Waals surface area contributed by atoms with E-state index >= 15 is 0 Å². The molecule has 3 rings (SSSR count). The molecule has 1 amide bonds. The van der Waals surface area contributed by atoms with Crippen LogP contribution in [0.2, 0.25) is 0 Å². The molecule has 0 saturated carbocycles. The zero-order valence-corrected chi connectivity index (χ0v) is 11.0. The molecule has 0 saturated heterocycles. The van der Waals surface area contributed by atoms with Crippen LogP contribution in [0.4, 0.5) is 5.95 Å². The van der Waals surface area contributed by atoms with Gasteiger partial charge in [0.05, 0.1) is 19.5 Å². The third kappa shape index (κ3) is 2.34. The lowest BCUT2D eigenvalue weighted by Gasteiger charge is -2.08. The van der Waals surface area contributed by atoms with Gasteiger partial charge in [-0.2, -0.15) is 0 Å². The maximum Gasteiger partial charge on any atom is 0.280 e. The van der Waals surface area contributed by atoms with Gasteiger partial charge in [-0.15, -0.1) is 0 Å². The molecule has 2 heterocycles. The Morgan fingerprint density at radius 3 is 2.80 bits per heavy atom. The normalized spacial score (nSPS) is 13.7. The van der Waals surface area contributed by atoms with Gasteiger partial charge in [-0.3, -0.25) is 10.1 Å². The molecule has 1 N–H and O–H groups in total. The number of ether oxygens (including phenoxy) is 1. The van der Waals surface area contributed by atoms with Crippen LogP contribution in [0.15, 0.2) is 16.9 Å².